The summed E-state index contributed by atoms with van der Waals surface area (Å²) in [6.07, 6.45) is 3.21. The lowest BCUT2D eigenvalue weighted by molar-refractivity contribution is -0.131. The lowest BCUT2D eigenvalue weighted by atomic mass is 10.2. The van der Waals surface area contributed by atoms with Crippen molar-refractivity contribution in [1.82, 2.24) is 19.8 Å². The third-order valence-corrected chi connectivity index (χ3v) is 5.73. The van der Waals surface area contributed by atoms with E-state index in [0.717, 1.165) is 76.2 Å². The number of amides is 1. The average molecular weight is 358 g/mol. The molecule has 0 unspecified atom stereocenters. The fourth-order valence-corrected chi connectivity index (χ4v) is 3.73. The fraction of sp³-hybridized carbons (Fsp3) is 0.737. The van der Waals surface area contributed by atoms with Gasteiger partial charge in [0, 0.05) is 70.5 Å². The Kier molecular flexibility index (Phi) is 4.98. The minimum atomic E-state index is 0.329. The van der Waals surface area contributed by atoms with Crippen molar-refractivity contribution in [3.63, 3.8) is 0 Å². The largest absolute Gasteiger partial charge is 0.354 e. The van der Waals surface area contributed by atoms with Crippen LogP contribution in [0.3, 0.4) is 0 Å². The van der Waals surface area contributed by atoms with Crippen molar-refractivity contribution in [2.75, 3.05) is 69.2 Å². The van der Waals surface area contributed by atoms with Crippen LogP contribution in [0.25, 0.3) is 0 Å². The lowest BCUT2D eigenvalue weighted by Gasteiger charge is -2.36. The van der Waals surface area contributed by atoms with E-state index in [1.165, 1.54) is 12.8 Å². The van der Waals surface area contributed by atoms with Crippen LogP contribution in [0.5, 0.6) is 0 Å². The van der Waals surface area contributed by atoms with Crippen molar-refractivity contribution < 1.29 is 4.79 Å². The number of aromatic nitrogens is 2. The highest BCUT2D eigenvalue weighted by atomic mass is 16.2. The third-order valence-electron chi connectivity index (χ3n) is 5.73. The van der Waals surface area contributed by atoms with Gasteiger partial charge in [-0.3, -0.25) is 4.79 Å². The molecule has 142 valence electrons. The highest BCUT2D eigenvalue weighted by molar-refractivity contribution is 5.77. The van der Waals surface area contributed by atoms with Gasteiger partial charge in [-0.25, -0.2) is 4.98 Å². The number of aryl methyl sites for hydroxylation is 1. The second-order valence-electron chi connectivity index (χ2n) is 7.97. The monoisotopic (exact) mass is 358 g/mol. The first-order chi connectivity index (χ1) is 12.6. The van der Waals surface area contributed by atoms with Crippen LogP contribution in [0.1, 0.15) is 25.0 Å². The molecule has 0 N–H and O–H groups in total. The van der Waals surface area contributed by atoms with Crippen LogP contribution in [-0.4, -0.2) is 85.1 Å². The van der Waals surface area contributed by atoms with Gasteiger partial charge in [0.2, 0.25) is 11.9 Å². The van der Waals surface area contributed by atoms with Crippen LogP contribution in [0.4, 0.5) is 11.8 Å². The predicted molar refractivity (Wildman–Crippen MR) is 103 cm³/mol. The Morgan fingerprint density at radius 1 is 1.00 bits per heavy atom. The molecular formula is C19H30N6O. The molecule has 0 bridgehead atoms. The molecule has 1 amide bonds. The van der Waals surface area contributed by atoms with Crippen molar-refractivity contribution in [3.8, 4) is 0 Å². The van der Waals surface area contributed by atoms with Gasteiger partial charge in [-0.1, -0.05) is 0 Å². The van der Waals surface area contributed by atoms with E-state index < -0.39 is 0 Å². The van der Waals surface area contributed by atoms with Crippen LogP contribution < -0.4 is 9.80 Å². The molecule has 1 aromatic rings. The molecule has 3 fully saturated rings. The smallest absolute Gasteiger partial charge is 0.227 e. The molecule has 0 aromatic carbocycles. The van der Waals surface area contributed by atoms with Crippen LogP contribution >= 0.6 is 0 Å². The summed E-state index contributed by atoms with van der Waals surface area (Å²) in [6, 6.07) is 2.09. The fourth-order valence-electron chi connectivity index (χ4n) is 3.73. The number of anilines is 2. The Morgan fingerprint density at radius 2 is 1.65 bits per heavy atom. The first-order valence-corrected chi connectivity index (χ1v) is 9.90. The lowest BCUT2D eigenvalue weighted by Crippen LogP contribution is -2.49. The molecule has 3 heterocycles. The molecule has 4 rings (SSSR count). The number of carbonyl (C=O) groups is 1. The molecular weight excluding hydrogens is 328 g/mol. The maximum atomic E-state index is 12.3. The zero-order chi connectivity index (χ0) is 18.1. The van der Waals surface area contributed by atoms with E-state index in [2.05, 4.69) is 32.8 Å². The highest BCUT2D eigenvalue weighted by Crippen LogP contribution is 2.33. The maximum absolute atomic E-state index is 12.3. The topological polar surface area (TPSA) is 55.8 Å². The number of hydrogen-bond donors (Lipinski definition) is 0. The Balaban J connectivity index is 1.39. The maximum Gasteiger partial charge on any atom is 0.227 e. The zero-order valence-electron chi connectivity index (χ0n) is 16.0. The van der Waals surface area contributed by atoms with Gasteiger partial charge in [-0.15, -0.1) is 0 Å². The number of rotatable bonds is 4. The minimum absolute atomic E-state index is 0.329. The first-order valence-electron chi connectivity index (χ1n) is 9.90. The van der Waals surface area contributed by atoms with Crippen LogP contribution in [0, 0.1) is 12.8 Å². The molecule has 7 heteroatoms. The van der Waals surface area contributed by atoms with Crippen molar-refractivity contribution in [3.05, 3.63) is 11.8 Å². The Bertz CT molecular complexity index is 645. The SMILES string of the molecule is Cc1cc(N2CCN(C)CC2)nc(N2CCN(C(=O)CC3CC3)CC2)n1. The predicted octanol–water partition coefficient (Wildman–Crippen LogP) is 0.986. The van der Waals surface area contributed by atoms with Gasteiger partial charge < -0.3 is 19.6 Å². The van der Waals surface area contributed by atoms with E-state index >= 15 is 0 Å². The van der Waals surface area contributed by atoms with E-state index in [0.29, 0.717) is 11.8 Å². The molecule has 26 heavy (non-hydrogen) atoms. The minimum Gasteiger partial charge on any atom is -0.354 e. The molecule has 2 aliphatic heterocycles. The standard InChI is InChI=1S/C19H30N6O/c1-15-13-17(23-7-5-22(2)6-8-23)21-19(20-15)25-11-9-24(10-12-25)18(26)14-16-3-4-16/h13,16H,3-12,14H2,1-2H3. The summed E-state index contributed by atoms with van der Waals surface area (Å²) in [4.78, 5) is 30.8. The zero-order valence-corrected chi connectivity index (χ0v) is 16.0. The molecule has 1 aliphatic carbocycles. The second kappa shape index (κ2) is 7.39. The van der Waals surface area contributed by atoms with Crippen LogP contribution in [0.15, 0.2) is 6.07 Å². The quantitative estimate of drug-likeness (QED) is 0.800. The summed E-state index contributed by atoms with van der Waals surface area (Å²) in [6.45, 7) is 9.41. The summed E-state index contributed by atoms with van der Waals surface area (Å²) in [5.41, 5.74) is 1.01. The second-order valence-corrected chi connectivity index (χ2v) is 7.97. The molecule has 0 atom stereocenters. The highest BCUT2D eigenvalue weighted by Gasteiger charge is 2.29. The van der Waals surface area contributed by atoms with Gasteiger partial charge in [0.15, 0.2) is 0 Å². The van der Waals surface area contributed by atoms with Gasteiger partial charge in [-0.05, 0) is 32.7 Å². The summed E-state index contributed by atoms with van der Waals surface area (Å²) >= 11 is 0. The molecule has 0 radical (unpaired) electrons. The van der Waals surface area contributed by atoms with Crippen LogP contribution in [-0.2, 0) is 4.79 Å². The number of hydrogen-bond acceptors (Lipinski definition) is 6. The van der Waals surface area contributed by atoms with Crippen LogP contribution in [0.2, 0.25) is 0 Å². The van der Waals surface area contributed by atoms with Crippen molar-refractivity contribution in [2.24, 2.45) is 5.92 Å². The average Bonchev–Trinajstić information content (AvgIpc) is 3.46. The first kappa shape index (κ1) is 17.5. The molecule has 0 spiro atoms. The van der Waals surface area contributed by atoms with E-state index in [1.807, 2.05) is 11.8 Å². The summed E-state index contributed by atoms with van der Waals surface area (Å²) in [7, 11) is 2.16. The van der Waals surface area contributed by atoms with Gasteiger partial charge in [0.1, 0.15) is 5.82 Å². The van der Waals surface area contributed by atoms with Crippen molar-refractivity contribution >= 4 is 17.7 Å². The van der Waals surface area contributed by atoms with Crippen molar-refractivity contribution in [1.29, 1.82) is 0 Å². The van der Waals surface area contributed by atoms with E-state index in [4.69, 9.17) is 4.98 Å². The number of carbonyl (C=O) groups excluding carboxylic acids is 1. The number of piperazine rings is 2. The summed E-state index contributed by atoms with van der Waals surface area (Å²) in [5.74, 6) is 2.84. The normalized spacial score (nSPS) is 22.0. The summed E-state index contributed by atoms with van der Waals surface area (Å²) in [5, 5.41) is 0. The van der Waals surface area contributed by atoms with Gasteiger partial charge in [-0.2, -0.15) is 4.98 Å². The number of nitrogens with zero attached hydrogens (tertiary/aromatic N) is 6. The molecule has 1 saturated carbocycles. The Hall–Kier alpha value is -1.89. The molecule has 7 nitrogen and oxygen atoms in total. The summed E-state index contributed by atoms with van der Waals surface area (Å²) < 4.78 is 0. The van der Waals surface area contributed by atoms with E-state index in [1.54, 1.807) is 0 Å². The third kappa shape index (κ3) is 4.09. The van der Waals surface area contributed by atoms with Gasteiger partial charge >= 0.3 is 0 Å². The Morgan fingerprint density at radius 3 is 2.31 bits per heavy atom. The van der Waals surface area contributed by atoms with Gasteiger partial charge in [0.25, 0.3) is 0 Å². The molecule has 3 aliphatic rings. The van der Waals surface area contributed by atoms with Crippen molar-refractivity contribution in [2.45, 2.75) is 26.2 Å². The van der Waals surface area contributed by atoms with E-state index in [-0.39, 0.29) is 0 Å². The van der Waals surface area contributed by atoms with Gasteiger partial charge in [0.05, 0.1) is 0 Å². The van der Waals surface area contributed by atoms with E-state index in [9.17, 15) is 4.79 Å². The molecule has 2 saturated heterocycles. The Labute approximate surface area is 156 Å². The number of likely N-dealkylation sites (N-methyl/N-ethyl adjacent to an activating group) is 1. The molecule has 1 aromatic heterocycles.